The zero-order chi connectivity index (χ0) is 24.8. The maximum atomic E-state index is 12.5. The van der Waals surface area contributed by atoms with Gasteiger partial charge >= 0.3 is 6.09 Å². The van der Waals surface area contributed by atoms with Gasteiger partial charge in [-0.25, -0.2) is 19.7 Å². The smallest absolute Gasteiger partial charge is 0.408 e. The third kappa shape index (κ3) is 4.32. The Hall–Kier alpha value is -3.94. The van der Waals surface area contributed by atoms with Gasteiger partial charge in [0.05, 0.1) is 11.1 Å². The lowest BCUT2D eigenvalue weighted by Gasteiger charge is -2.43. The molecule has 0 saturated heterocycles. The van der Waals surface area contributed by atoms with Crippen LogP contribution in [0.1, 0.15) is 51.3 Å². The van der Waals surface area contributed by atoms with Crippen LogP contribution in [0.4, 0.5) is 10.6 Å². The number of nitrogens with one attached hydrogen (secondary N) is 1. The number of alkyl carbamates (subject to hydrolysis) is 1. The highest BCUT2D eigenvalue weighted by molar-refractivity contribution is 5.82. The van der Waals surface area contributed by atoms with E-state index in [1.54, 1.807) is 6.20 Å². The molecule has 8 heteroatoms. The van der Waals surface area contributed by atoms with Crippen molar-refractivity contribution >= 4 is 23.1 Å². The molecule has 180 valence electrons. The molecule has 1 saturated carbocycles. The minimum atomic E-state index is -0.545. The van der Waals surface area contributed by atoms with Gasteiger partial charge in [0.25, 0.3) is 0 Å². The summed E-state index contributed by atoms with van der Waals surface area (Å²) in [6.07, 6.45) is 4.07. The van der Waals surface area contributed by atoms with E-state index in [9.17, 15) is 4.79 Å². The molecule has 1 aliphatic carbocycles. The second-order valence-electron chi connectivity index (χ2n) is 10.1. The Morgan fingerprint density at radius 3 is 2.46 bits per heavy atom. The predicted molar refractivity (Wildman–Crippen MR) is 136 cm³/mol. The summed E-state index contributed by atoms with van der Waals surface area (Å²) in [5, 5.41) is 3.12. The molecule has 35 heavy (non-hydrogen) atoms. The van der Waals surface area contributed by atoms with Crippen molar-refractivity contribution in [2.24, 2.45) is 0 Å². The van der Waals surface area contributed by atoms with Gasteiger partial charge in [0.2, 0.25) is 0 Å². The van der Waals surface area contributed by atoms with Crippen LogP contribution in [0, 0.1) is 6.92 Å². The number of nitrogens with zero attached hydrogens (tertiary/aromatic N) is 4. The predicted octanol–water partition coefficient (Wildman–Crippen LogP) is 5.28. The number of fused-ring (bicyclic) bond motifs is 1. The fourth-order valence-electron chi connectivity index (χ4n) is 4.53. The Balaban J connectivity index is 1.55. The number of nitrogens with two attached hydrogens (primary N) is 1. The molecule has 1 aliphatic rings. The highest BCUT2D eigenvalue weighted by Gasteiger charge is 2.41. The van der Waals surface area contributed by atoms with Crippen molar-refractivity contribution in [3.05, 3.63) is 66.0 Å². The largest absolute Gasteiger partial charge is 0.444 e. The van der Waals surface area contributed by atoms with Crippen LogP contribution < -0.4 is 11.1 Å². The maximum absolute atomic E-state index is 12.5. The van der Waals surface area contributed by atoms with E-state index in [0.717, 1.165) is 52.9 Å². The number of amides is 1. The van der Waals surface area contributed by atoms with Gasteiger partial charge in [-0.3, -0.25) is 4.57 Å². The maximum Gasteiger partial charge on any atom is 0.408 e. The first-order valence-electron chi connectivity index (χ1n) is 11.8. The molecule has 0 unspecified atom stereocenters. The van der Waals surface area contributed by atoms with Gasteiger partial charge in [0.15, 0.2) is 11.5 Å². The second-order valence-corrected chi connectivity index (χ2v) is 10.1. The van der Waals surface area contributed by atoms with E-state index in [1.807, 2.05) is 68.7 Å². The van der Waals surface area contributed by atoms with E-state index < -0.39 is 17.2 Å². The quantitative estimate of drug-likeness (QED) is 0.420. The summed E-state index contributed by atoms with van der Waals surface area (Å²) < 4.78 is 7.53. The highest BCUT2D eigenvalue weighted by atomic mass is 16.6. The van der Waals surface area contributed by atoms with E-state index in [4.69, 9.17) is 20.4 Å². The van der Waals surface area contributed by atoms with Crippen LogP contribution in [0.25, 0.3) is 28.2 Å². The number of imidazole rings is 1. The number of hydrogen-bond donors (Lipinski definition) is 2. The van der Waals surface area contributed by atoms with E-state index in [-0.39, 0.29) is 0 Å². The molecule has 3 N–H and O–H groups in total. The molecule has 0 radical (unpaired) electrons. The van der Waals surface area contributed by atoms with Crippen LogP contribution >= 0.6 is 0 Å². The van der Waals surface area contributed by atoms with Gasteiger partial charge in [-0.2, -0.15) is 0 Å². The summed E-state index contributed by atoms with van der Waals surface area (Å²) in [6, 6.07) is 15.9. The van der Waals surface area contributed by atoms with Crippen molar-refractivity contribution in [2.75, 3.05) is 5.73 Å². The molecule has 8 nitrogen and oxygen atoms in total. The number of hydrogen-bond acceptors (Lipinski definition) is 6. The fourth-order valence-corrected chi connectivity index (χ4v) is 4.53. The van der Waals surface area contributed by atoms with Crippen LogP contribution in [0.2, 0.25) is 0 Å². The van der Waals surface area contributed by atoms with Crippen molar-refractivity contribution in [2.45, 2.75) is 58.1 Å². The summed E-state index contributed by atoms with van der Waals surface area (Å²) >= 11 is 0. The van der Waals surface area contributed by atoms with E-state index in [2.05, 4.69) is 22.4 Å². The normalized spacial score (nSPS) is 15.0. The molecule has 3 aromatic heterocycles. The number of carbonyl (C=O) groups is 1. The summed E-state index contributed by atoms with van der Waals surface area (Å²) in [7, 11) is 0. The van der Waals surface area contributed by atoms with Gasteiger partial charge in [-0.05, 0) is 88.9 Å². The number of anilines is 1. The number of carbonyl (C=O) groups excluding carboxylic acids is 1. The summed E-state index contributed by atoms with van der Waals surface area (Å²) in [4.78, 5) is 26.4. The van der Waals surface area contributed by atoms with Crippen molar-refractivity contribution in [1.82, 2.24) is 24.8 Å². The third-order valence-electron chi connectivity index (χ3n) is 6.35. The molecule has 0 spiro atoms. The first-order valence-corrected chi connectivity index (χ1v) is 11.8. The van der Waals surface area contributed by atoms with Crippen molar-refractivity contribution in [3.8, 4) is 17.1 Å². The van der Waals surface area contributed by atoms with Crippen LogP contribution in [-0.2, 0) is 10.3 Å². The Morgan fingerprint density at radius 1 is 1.09 bits per heavy atom. The Bertz CT molecular complexity index is 1400. The zero-order valence-corrected chi connectivity index (χ0v) is 20.5. The molecule has 5 rings (SSSR count). The minimum absolute atomic E-state index is 0.393. The van der Waals surface area contributed by atoms with E-state index in [1.165, 1.54) is 0 Å². The van der Waals surface area contributed by atoms with Gasteiger partial charge in [0, 0.05) is 17.6 Å². The van der Waals surface area contributed by atoms with Gasteiger partial charge in [0.1, 0.15) is 16.9 Å². The molecule has 1 amide bonds. The molecule has 0 bridgehead atoms. The zero-order valence-electron chi connectivity index (χ0n) is 20.5. The van der Waals surface area contributed by atoms with E-state index >= 15 is 0 Å². The van der Waals surface area contributed by atoms with Crippen molar-refractivity contribution in [1.29, 1.82) is 0 Å². The Labute approximate surface area is 204 Å². The monoisotopic (exact) mass is 470 g/mol. The molecule has 1 aromatic carbocycles. The average Bonchev–Trinajstić information content (AvgIpc) is 3.14. The second kappa shape index (κ2) is 8.37. The SMILES string of the molecule is Cc1ccc2nc(-c3cccnc3N)n(-c3ccc(C4(NC(=O)OC(C)(C)C)CCC4)cc3)c2n1. The Morgan fingerprint density at radius 2 is 1.83 bits per heavy atom. The molecular weight excluding hydrogens is 440 g/mol. The number of nitrogen functional groups attached to an aromatic ring is 1. The standard InChI is InChI=1S/C27H30N6O2/c1-17-8-13-21-24(30-17)33(23(31-21)20-7-5-16-29-22(20)28)19-11-9-18(10-12-19)27(14-6-15-27)32-25(34)35-26(2,3)4/h5,7-13,16H,6,14-15H2,1-4H3,(H2,28,29)(H,32,34). The van der Waals surface area contributed by atoms with Crippen LogP contribution in [-0.4, -0.2) is 31.2 Å². The molecule has 0 atom stereocenters. The number of aromatic nitrogens is 4. The molecule has 1 fully saturated rings. The van der Waals surface area contributed by atoms with Crippen LogP contribution in [0.3, 0.4) is 0 Å². The average molecular weight is 471 g/mol. The molecule has 0 aliphatic heterocycles. The van der Waals surface area contributed by atoms with Crippen LogP contribution in [0.15, 0.2) is 54.7 Å². The molecule has 3 heterocycles. The number of aryl methyl sites for hydroxylation is 1. The van der Waals surface area contributed by atoms with Gasteiger partial charge in [-0.1, -0.05) is 12.1 Å². The van der Waals surface area contributed by atoms with Gasteiger partial charge in [-0.15, -0.1) is 0 Å². The lowest BCUT2D eigenvalue weighted by atomic mass is 9.72. The molecule has 4 aromatic rings. The summed E-state index contributed by atoms with van der Waals surface area (Å²) in [5.74, 6) is 1.09. The lowest BCUT2D eigenvalue weighted by Crippen LogP contribution is -2.52. The number of rotatable bonds is 4. The molecular formula is C27H30N6O2. The minimum Gasteiger partial charge on any atom is -0.444 e. The van der Waals surface area contributed by atoms with Gasteiger partial charge < -0.3 is 15.8 Å². The third-order valence-corrected chi connectivity index (χ3v) is 6.35. The first kappa shape index (κ1) is 22.8. The first-order chi connectivity index (χ1) is 16.7. The van der Waals surface area contributed by atoms with E-state index in [0.29, 0.717) is 11.6 Å². The lowest BCUT2D eigenvalue weighted by molar-refractivity contribution is 0.0377. The number of benzene rings is 1. The summed E-state index contributed by atoms with van der Waals surface area (Å²) in [5.41, 5.74) is 10.4. The highest BCUT2D eigenvalue weighted by Crippen LogP contribution is 2.42. The topological polar surface area (TPSA) is 108 Å². The van der Waals surface area contributed by atoms with Crippen molar-refractivity contribution < 1.29 is 9.53 Å². The van der Waals surface area contributed by atoms with Crippen LogP contribution in [0.5, 0.6) is 0 Å². The Kier molecular flexibility index (Phi) is 5.46. The number of pyridine rings is 2. The fraction of sp³-hybridized carbons (Fsp3) is 0.333. The summed E-state index contributed by atoms with van der Waals surface area (Å²) in [6.45, 7) is 7.56. The number of ether oxygens (including phenoxy) is 1. The van der Waals surface area contributed by atoms with Crippen molar-refractivity contribution in [3.63, 3.8) is 0 Å².